The average molecular weight is 429 g/mol. The predicted molar refractivity (Wildman–Crippen MR) is 121 cm³/mol. The fourth-order valence-electron chi connectivity index (χ4n) is 5.80. The van der Waals surface area contributed by atoms with Gasteiger partial charge in [-0.1, -0.05) is 6.92 Å². The third-order valence-electron chi connectivity index (χ3n) is 7.29. The zero-order chi connectivity index (χ0) is 21.3. The highest BCUT2D eigenvalue weighted by Crippen LogP contribution is 2.32. The molecule has 4 aliphatic heterocycles. The van der Waals surface area contributed by atoms with Gasteiger partial charge in [-0.2, -0.15) is 0 Å². The molecule has 8 heteroatoms. The summed E-state index contributed by atoms with van der Waals surface area (Å²) in [6, 6.07) is 2.36. The van der Waals surface area contributed by atoms with Crippen LogP contribution in [-0.4, -0.2) is 78.4 Å². The first kappa shape index (κ1) is 21.0. The van der Waals surface area contributed by atoms with Crippen LogP contribution in [0.25, 0.3) is 0 Å². The van der Waals surface area contributed by atoms with E-state index >= 15 is 0 Å². The summed E-state index contributed by atoms with van der Waals surface area (Å²) in [6.45, 7) is 9.00. The number of likely N-dealkylation sites (tertiary alicyclic amines) is 1. The number of fused-ring (bicyclic) bond motifs is 3. The van der Waals surface area contributed by atoms with E-state index in [4.69, 9.17) is 9.41 Å². The second kappa shape index (κ2) is 8.94. The lowest BCUT2D eigenvalue weighted by Crippen LogP contribution is -2.52. The molecule has 31 heavy (non-hydrogen) atoms. The summed E-state index contributed by atoms with van der Waals surface area (Å²) in [5, 5.41) is 20.8. The summed E-state index contributed by atoms with van der Waals surface area (Å²) < 4.78 is 5.10. The van der Waals surface area contributed by atoms with Crippen LogP contribution >= 0.6 is 0 Å². The van der Waals surface area contributed by atoms with E-state index in [1.807, 2.05) is 12.3 Å². The van der Waals surface area contributed by atoms with Gasteiger partial charge < -0.3 is 24.5 Å². The first-order chi connectivity index (χ1) is 15.1. The Bertz CT molecular complexity index is 801. The minimum absolute atomic E-state index is 0.0868. The van der Waals surface area contributed by atoms with E-state index in [1.54, 1.807) is 6.26 Å². The number of hydroxylamine groups is 3. The first-order valence-electron chi connectivity index (χ1n) is 12.0. The Hall–Kier alpha value is -1.87. The van der Waals surface area contributed by atoms with Crippen LogP contribution in [0.15, 0.2) is 39.8 Å². The molecule has 5 rings (SSSR count). The van der Waals surface area contributed by atoms with Gasteiger partial charge >= 0.3 is 0 Å². The SMILES string of the molecule is CCN[C@@H]1N=C2C(=CN1)C[N+]([O-])(CC1CCN(Cc3ccoc3)CC1)CC1CCCN21. The van der Waals surface area contributed by atoms with E-state index in [-0.39, 0.29) is 10.9 Å². The van der Waals surface area contributed by atoms with Crippen molar-refractivity contribution in [2.24, 2.45) is 10.9 Å². The maximum Gasteiger partial charge on any atom is 0.175 e. The van der Waals surface area contributed by atoms with Crippen LogP contribution in [0.3, 0.4) is 0 Å². The van der Waals surface area contributed by atoms with Crippen LogP contribution in [0.2, 0.25) is 0 Å². The van der Waals surface area contributed by atoms with Crippen LogP contribution in [0.1, 0.15) is 38.2 Å². The molecule has 8 nitrogen and oxygen atoms in total. The van der Waals surface area contributed by atoms with Crippen molar-refractivity contribution >= 4 is 5.84 Å². The predicted octanol–water partition coefficient (Wildman–Crippen LogP) is 2.06. The molecule has 5 heterocycles. The van der Waals surface area contributed by atoms with Crippen molar-refractivity contribution in [1.29, 1.82) is 0 Å². The molecule has 0 spiro atoms. The summed E-state index contributed by atoms with van der Waals surface area (Å²) in [7, 11) is 0. The minimum atomic E-state index is -0.105. The standard InChI is InChI=1S/C23H36N6O2/c1-2-24-23-25-12-20-15-29(30,16-21-4-3-8-28(21)22(20)26-23)14-18-5-9-27(10-6-18)13-19-7-11-31-17-19/h7,11-12,17-18,21,23-25H,2-6,8-10,13-16H2,1H3/t21?,23-,29?/m0/s1. The zero-order valence-corrected chi connectivity index (χ0v) is 18.6. The number of furan rings is 1. The summed E-state index contributed by atoms with van der Waals surface area (Å²) in [6.07, 6.45) is 10.0. The number of hydrogen-bond acceptors (Lipinski definition) is 7. The lowest BCUT2D eigenvalue weighted by Gasteiger charge is -2.46. The van der Waals surface area contributed by atoms with Gasteiger partial charge in [-0.3, -0.25) is 10.2 Å². The van der Waals surface area contributed by atoms with E-state index in [9.17, 15) is 5.21 Å². The van der Waals surface area contributed by atoms with Crippen LogP contribution in [0.5, 0.6) is 0 Å². The number of nitrogens with zero attached hydrogens (tertiary/aromatic N) is 4. The second-order valence-electron chi connectivity index (χ2n) is 9.67. The van der Waals surface area contributed by atoms with Crippen molar-refractivity contribution < 1.29 is 9.06 Å². The lowest BCUT2D eigenvalue weighted by molar-refractivity contribution is -0.880. The van der Waals surface area contributed by atoms with Crippen LogP contribution in [-0.2, 0) is 6.54 Å². The molecule has 0 radical (unpaired) electrons. The van der Waals surface area contributed by atoms with Crippen molar-refractivity contribution in [1.82, 2.24) is 20.4 Å². The summed E-state index contributed by atoms with van der Waals surface area (Å²) in [4.78, 5) is 9.84. The summed E-state index contributed by atoms with van der Waals surface area (Å²) in [5.74, 6) is 1.55. The van der Waals surface area contributed by atoms with Crippen LogP contribution in [0, 0.1) is 11.1 Å². The number of rotatable bonds is 6. The maximum atomic E-state index is 14.1. The van der Waals surface area contributed by atoms with Crippen molar-refractivity contribution in [2.75, 3.05) is 45.8 Å². The maximum absolute atomic E-state index is 14.1. The Kier molecular flexibility index (Phi) is 6.05. The van der Waals surface area contributed by atoms with E-state index in [0.29, 0.717) is 25.0 Å². The molecule has 0 aliphatic carbocycles. The fraction of sp³-hybridized carbons (Fsp3) is 0.696. The van der Waals surface area contributed by atoms with Crippen LogP contribution in [0.4, 0.5) is 0 Å². The van der Waals surface area contributed by atoms with Gasteiger partial charge in [0.05, 0.1) is 37.2 Å². The number of aliphatic imine (C=N–C) groups is 1. The van der Waals surface area contributed by atoms with Crippen molar-refractivity contribution in [2.45, 2.75) is 51.5 Å². The van der Waals surface area contributed by atoms with Gasteiger partial charge in [0.25, 0.3) is 0 Å². The Morgan fingerprint density at radius 3 is 2.94 bits per heavy atom. The zero-order valence-electron chi connectivity index (χ0n) is 18.6. The molecule has 0 saturated carbocycles. The Morgan fingerprint density at radius 2 is 2.16 bits per heavy atom. The van der Waals surface area contributed by atoms with E-state index in [0.717, 1.165) is 76.4 Å². The molecule has 0 aromatic carbocycles. The quantitative estimate of drug-likeness (QED) is 0.533. The molecule has 1 aromatic heterocycles. The molecule has 0 bridgehead atoms. The minimum Gasteiger partial charge on any atom is -0.632 e. The molecule has 4 aliphatic rings. The van der Waals surface area contributed by atoms with Crippen molar-refractivity contribution in [3.8, 4) is 0 Å². The first-order valence-corrected chi connectivity index (χ1v) is 12.0. The van der Waals surface area contributed by atoms with Gasteiger partial charge in [-0.05, 0) is 51.4 Å². The molecule has 1 aromatic rings. The monoisotopic (exact) mass is 428 g/mol. The topological polar surface area (TPSA) is 79.1 Å². The van der Waals surface area contributed by atoms with Gasteiger partial charge in [0, 0.05) is 30.8 Å². The number of quaternary nitrogens is 1. The Balaban J connectivity index is 1.24. The molecular weight excluding hydrogens is 392 g/mol. The number of amidine groups is 1. The molecule has 3 saturated heterocycles. The Labute approximate surface area is 185 Å². The molecule has 0 amide bonds. The normalized spacial score (nSPS) is 32.0. The summed E-state index contributed by atoms with van der Waals surface area (Å²) in [5.41, 5.74) is 2.32. The second-order valence-corrected chi connectivity index (χ2v) is 9.67. The van der Waals surface area contributed by atoms with Gasteiger partial charge in [-0.25, -0.2) is 4.99 Å². The summed E-state index contributed by atoms with van der Waals surface area (Å²) >= 11 is 0. The molecule has 2 N–H and O–H groups in total. The number of piperidine rings is 1. The lowest BCUT2D eigenvalue weighted by atomic mass is 9.95. The van der Waals surface area contributed by atoms with Crippen LogP contribution < -0.4 is 10.6 Å². The van der Waals surface area contributed by atoms with E-state index < -0.39 is 0 Å². The van der Waals surface area contributed by atoms with Gasteiger partial charge in [0.2, 0.25) is 0 Å². The third kappa shape index (κ3) is 4.67. The smallest absolute Gasteiger partial charge is 0.175 e. The number of nitrogens with one attached hydrogen (secondary N) is 2. The number of hydrogen-bond donors (Lipinski definition) is 2. The highest BCUT2D eigenvalue weighted by molar-refractivity contribution is 5.99. The molecule has 170 valence electrons. The van der Waals surface area contributed by atoms with Crippen molar-refractivity contribution in [3.05, 3.63) is 41.1 Å². The third-order valence-corrected chi connectivity index (χ3v) is 7.29. The average Bonchev–Trinajstić information content (AvgIpc) is 3.41. The Morgan fingerprint density at radius 1 is 1.29 bits per heavy atom. The fourth-order valence-corrected chi connectivity index (χ4v) is 5.80. The molecule has 3 atom stereocenters. The molecular formula is C23H36N6O2. The highest BCUT2D eigenvalue weighted by Gasteiger charge is 2.41. The highest BCUT2D eigenvalue weighted by atomic mass is 16.5. The van der Waals surface area contributed by atoms with Gasteiger partial charge in [0.1, 0.15) is 12.4 Å². The molecule has 2 unspecified atom stereocenters. The van der Waals surface area contributed by atoms with Gasteiger partial charge in [0.15, 0.2) is 6.29 Å². The molecule has 3 fully saturated rings. The largest absolute Gasteiger partial charge is 0.632 e. The van der Waals surface area contributed by atoms with E-state index in [1.165, 1.54) is 5.56 Å². The van der Waals surface area contributed by atoms with Gasteiger partial charge in [-0.15, -0.1) is 0 Å². The van der Waals surface area contributed by atoms with E-state index in [2.05, 4.69) is 33.6 Å². The van der Waals surface area contributed by atoms with Crippen molar-refractivity contribution in [3.63, 3.8) is 0 Å².